The number of carboxylic acids is 1. The lowest BCUT2D eigenvalue weighted by Crippen LogP contribution is -2.47. The molecule has 21 heavy (non-hydrogen) atoms. The van der Waals surface area contributed by atoms with Gasteiger partial charge in [-0.2, -0.15) is 5.21 Å². The molecule has 0 fully saturated rings. The molecule has 2 rings (SSSR count). The van der Waals surface area contributed by atoms with Crippen molar-refractivity contribution in [1.82, 2.24) is 31.3 Å². The van der Waals surface area contributed by atoms with E-state index in [9.17, 15) is 9.59 Å². The monoisotopic (exact) mass is 290 g/mol. The van der Waals surface area contributed by atoms with Crippen LogP contribution in [0.4, 0.5) is 4.79 Å². The Morgan fingerprint density at radius 3 is 2.67 bits per heavy atom. The molecule has 0 aliphatic carbocycles. The zero-order valence-corrected chi connectivity index (χ0v) is 11.0. The Morgan fingerprint density at radius 2 is 2.05 bits per heavy atom. The highest BCUT2D eigenvalue weighted by molar-refractivity contribution is 5.82. The minimum Gasteiger partial charge on any atom is -0.480 e. The highest BCUT2D eigenvalue weighted by Gasteiger charge is 2.20. The molecule has 1 heterocycles. The number of carbonyl (C=O) groups is 2. The molecule has 110 valence electrons. The van der Waals surface area contributed by atoms with Gasteiger partial charge in [0.25, 0.3) is 0 Å². The Morgan fingerprint density at radius 1 is 1.29 bits per heavy atom. The fourth-order valence-electron chi connectivity index (χ4n) is 1.68. The predicted octanol–water partition coefficient (Wildman–Crippen LogP) is -0.305. The van der Waals surface area contributed by atoms with Gasteiger partial charge in [0.05, 0.1) is 6.54 Å². The third-order valence-electron chi connectivity index (χ3n) is 2.68. The molecule has 0 bridgehead atoms. The summed E-state index contributed by atoms with van der Waals surface area (Å²) in [7, 11) is 0. The lowest BCUT2D eigenvalue weighted by Gasteiger charge is -2.14. The van der Waals surface area contributed by atoms with E-state index in [4.69, 9.17) is 5.11 Å². The molecule has 4 N–H and O–H groups in total. The van der Waals surface area contributed by atoms with Crippen molar-refractivity contribution in [1.29, 1.82) is 0 Å². The van der Waals surface area contributed by atoms with Gasteiger partial charge in [0.1, 0.15) is 6.04 Å². The third kappa shape index (κ3) is 4.56. The number of carboxylic acid groups (broad SMARTS) is 1. The standard InChI is InChI=1S/C12H14N6O3/c19-11(20)9(6-8-4-2-1-3-5-8)14-12(21)13-7-10-15-17-18-16-10/h1-5,9H,6-7H2,(H,19,20)(H2,13,14,21)(H,15,16,17,18)/t9-/m1/s1. The molecule has 2 aromatic rings. The summed E-state index contributed by atoms with van der Waals surface area (Å²) < 4.78 is 0. The maximum Gasteiger partial charge on any atom is 0.326 e. The molecule has 0 saturated heterocycles. The second-order valence-electron chi connectivity index (χ2n) is 4.24. The molecule has 0 saturated carbocycles. The molecule has 1 aromatic carbocycles. The Hall–Kier alpha value is -2.97. The number of hydrogen-bond acceptors (Lipinski definition) is 5. The first-order valence-electron chi connectivity index (χ1n) is 6.18. The quantitative estimate of drug-likeness (QED) is 0.577. The molecule has 1 atom stereocenters. The topological polar surface area (TPSA) is 133 Å². The summed E-state index contributed by atoms with van der Waals surface area (Å²) in [5.74, 6) is -0.798. The van der Waals surface area contributed by atoms with Crippen LogP contribution in [0.25, 0.3) is 0 Å². The van der Waals surface area contributed by atoms with Crippen molar-refractivity contribution in [3.63, 3.8) is 0 Å². The number of aromatic nitrogens is 4. The smallest absolute Gasteiger partial charge is 0.326 e. The third-order valence-corrected chi connectivity index (χ3v) is 2.68. The van der Waals surface area contributed by atoms with E-state index in [1.165, 1.54) is 0 Å². The summed E-state index contributed by atoms with van der Waals surface area (Å²) in [4.78, 5) is 22.9. The highest BCUT2D eigenvalue weighted by Crippen LogP contribution is 2.03. The minimum absolute atomic E-state index is 0.0556. The van der Waals surface area contributed by atoms with Gasteiger partial charge >= 0.3 is 12.0 Å². The van der Waals surface area contributed by atoms with Crippen LogP contribution in [-0.4, -0.2) is 43.8 Å². The maximum atomic E-state index is 11.7. The predicted molar refractivity (Wildman–Crippen MR) is 71.1 cm³/mol. The van der Waals surface area contributed by atoms with E-state index < -0.39 is 18.0 Å². The van der Waals surface area contributed by atoms with Gasteiger partial charge in [-0.25, -0.2) is 9.59 Å². The van der Waals surface area contributed by atoms with Gasteiger partial charge in [0.15, 0.2) is 5.82 Å². The lowest BCUT2D eigenvalue weighted by molar-refractivity contribution is -0.139. The van der Waals surface area contributed by atoms with Crippen molar-refractivity contribution < 1.29 is 14.7 Å². The molecule has 2 amide bonds. The van der Waals surface area contributed by atoms with Crippen molar-refractivity contribution in [2.75, 3.05) is 0 Å². The number of rotatable bonds is 6. The molecule has 0 spiro atoms. The molecule has 9 nitrogen and oxygen atoms in total. The summed E-state index contributed by atoms with van der Waals surface area (Å²) >= 11 is 0. The Labute approximate surface area is 119 Å². The zero-order valence-electron chi connectivity index (χ0n) is 11.0. The summed E-state index contributed by atoms with van der Waals surface area (Å²) in [6.45, 7) is 0.0556. The van der Waals surface area contributed by atoms with E-state index in [0.717, 1.165) is 5.56 Å². The molecule has 0 radical (unpaired) electrons. The lowest BCUT2D eigenvalue weighted by atomic mass is 10.1. The van der Waals surface area contributed by atoms with Crippen LogP contribution < -0.4 is 10.6 Å². The number of amides is 2. The van der Waals surface area contributed by atoms with E-state index in [1.54, 1.807) is 12.1 Å². The number of urea groups is 1. The SMILES string of the molecule is O=C(NCc1nn[nH]n1)N[C@H](Cc1ccccc1)C(=O)O. The first-order valence-corrected chi connectivity index (χ1v) is 6.18. The number of hydrogen-bond donors (Lipinski definition) is 4. The van der Waals surface area contributed by atoms with Crippen molar-refractivity contribution in [3.05, 3.63) is 41.7 Å². The van der Waals surface area contributed by atoms with Crippen molar-refractivity contribution in [2.45, 2.75) is 19.0 Å². The van der Waals surface area contributed by atoms with Crippen molar-refractivity contribution in [2.24, 2.45) is 0 Å². The number of nitrogens with zero attached hydrogens (tertiary/aromatic N) is 3. The number of aromatic amines is 1. The first-order chi connectivity index (χ1) is 10.1. The summed E-state index contributed by atoms with van der Waals surface area (Å²) in [6, 6.07) is 7.43. The Kier molecular flexibility index (Phi) is 4.80. The number of aliphatic carboxylic acids is 1. The molecular weight excluding hydrogens is 276 g/mol. The fraction of sp³-hybridized carbons (Fsp3) is 0.250. The van der Waals surface area contributed by atoms with Gasteiger partial charge in [0.2, 0.25) is 0 Å². The second kappa shape index (κ2) is 6.98. The molecule has 9 heteroatoms. The number of benzene rings is 1. The van der Waals surface area contributed by atoms with E-state index in [0.29, 0.717) is 5.82 Å². The maximum absolute atomic E-state index is 11.7. The van der Waals surface area contributed by atoms with Crippen LogP contribution in [0.1, 0.15) is 11.4 Å². The van der Waals surface area contributed by atoms with Gasteiger partial charge in [-0.3, -0.25) is 0 Å². The van der Waals surface area contributed by atoms with Crippen LogP contribution in [0.15, 0.2) is 30.3 Å². The van der Waals surface area contributed by atoms with E-state index >= 15 is 0 Å². The van der Waals surface area contributed by atoms with Crippen molar-refractivity contribution in [3.8, 4) is 0 Å². The average Bonchev–Trinajstić information content (AvgIpc) is 2.99. The fourth-order valence-corrected chi connectivity index (χ4v) is 1.68. The number of carbonyl (C=O) groups excluding carboxylic acids is 1. The molecule has 0 unspecified atom stereocenters. The van der Waals surface area contributed by atoms with E-state index in [-0.39, 0.29) is 13.0 Å². The molecule has 1 aromatic heterocycles. The van der Waals surface area contributed by atoms with Crippen LogP contribution in [0.2, 0.25) is 0 Å². The molecule has 0 aliphatic rings. The summed E-state index contributed by atoms with van der Waals surface area (Å²) in [5, 5.41) is 26.9. The summed E-state index contributed by atoms with van der Waals surface area (Å²) in [5.41, 5.74) is 0.823. The Balaban J connectivity index is 1.87. The van der Waals surface area contributed by atoms with Crippen LogP contribution in [-0.2, 0) is 17.8 Å². The first kappa shape index (κ1) is 14.4. The average molecular weight is 290 g/mol. The summed E-state index contributed by atoms with van der Waals surface area (Å²) in [6.07, 6.45) is 0.200. The van der Waals surface area contributed by atoms with Gasteiger partial charge in [0, 0.05) is 6.42 Å². The minimum atomic E-state index is -1.10. The van der Waals surface area contributed by atoms with E-state index in [1.807, 2.05) is 18.2 Å². The Bertz CT molecular complexity index is 586. The highest BCUT2D eigenvalue weighted by atomic mass is 16.4. The van der Waals surface area contributed by atoms with Crippen LogP contribution in [0.3, 0.4) is 0 Å². The molecule has 0 aliphatic heterocycles. The van der Waals surface area contributed by atoms with Crippen LogP contribution in [0, 0.1) is 0 Å². The van der Waals surface area contributed by atoms with Crippen LogP contribution >= 0.6 is 0 Å². The zero-order chi connectivity index (χ0) is 15.1. The number of tetrazole rings is 1. The second-order valence-corrected chi connectivity index (χ2v) is 4.24. The van der Waals surface area contributed by atoms with Crippen molar-refractivity contribution >= 4 is 12.0 Å². The van der Waals surface area contributed by atoms with Gasteiger partial charge < -0.3 is 15.7 Å². The van der Waals surface area contributed by atoms with Gasteiger partial charge in [-0.15, -0.1) is 10.2 Å². The van der Waals surface area contributed by atoms with Gasteiger partial charge in [-0.05, 0) is 5.56 Å². The van der Waals surface area contributed by atoms with Crippen LogP contribution in [0.5, 0.6) is 0 Å². The normalized spacial score (nSPS) is 11.6. The largest absolute Gasteiger partial charge is 0.480 e. The van der Waals surface area contributed by atoms with E-state index in [2.05, 4.69) is 31.3 Å². The number of nitrogens with one attached hydrogen (secondary N) is 3. The number of H-pyrrole nitrogens is 1. The molecular formula is C12H14N6O3. The van der Waals surface area contributed by atoms with Gasteiger partial charge in [-0.1, -0.05) is 35.5 Å².